The maximum absolute atomic E-state index is 13.4. The molecule has 0 radical (unpaired) electrons. The molecule has 2 aromatic carbocycles. The van der Waals surface area contributed by atoms with Gasteiger partial charge in [0.05, 0.1) is 18.5 Å². The zero-order valence-corrected chi connectivity index (χ0v) is 18.8. The highest BCUT2D eigenvalue weighted by atomic mass is 35.5. The van der Waals surface area contributed by atoms with Crippen LogP contribution >= 0.6 is 22.9 Å². The van der Waals surface area contributed by atoms with Crippen molar-refractivity contribution in [2.75, 3.05) is 12.4 Å². The summed E-state index contributed by atoms with van der Waals surface area (Å²) in [6.07, 6.45) is 4.94. The van der Waals surface area contributed by atoms with E-state index in [4.69, 9.17) is 27.1 Å². The summed E-state index contributed by atoms with van der Waals surface area (Å²) in [5.41, 5.74) is 10.1. The average Bonchev–Trinajstić information content (AvgIpc) is 3.39. The first-order valence-electron chi connectivity index (χ1n) is 10.2. The Morgan fingerprint density at radius 1 is 1.25 bits per heavy atom. The third-order valence-corrected chi connectivity index (χ3v) is 6.78. The van der Waals surface area contributed by atoms with Crippen LogP contribution in [0.2, 0.25) is 5.15 Å². The van der Waals surface area contributed by atoms with Gasteiger partial charge < -0.3 is 20.4 Å². The molecule has 32 heavy (non-hydrogen) atoms. The van der Waals surface area contributed by atoms with E-state index in [2.05, 4.69) is 10.3 Å². The van der Waals surface area contributed by atoms with Crippen LogP contribution in [0.4, 0.5) is 15.2 Å². The highest BCUT2D eigenvalue weighted by molar-refractivity contribution is 7.15. The van der Waals surface area contributed by atoms with Gasteiger partial charge in [-0.25, -0.2) is 14.4 Å². The van der Waals surface area contributed by atoms with E-state index < -0.39 is 0 Å². The topological polar surface area (TPSA) is 78.0 Å². The molecule has 0 saturated heterocycles. The van der Waals surface area contributed by atoms with Gasteiger partial charge in [-0.1, -0.05) is 23.7 Å². The number of hydrogen-bond donors (Lipinski definition) is 2. The number of hydrogen-bond acceptors (Lipinski definition) is 6. The number of nitrogens with two attached hydrogens (primary N) is 1. The van der Waals surface area contributed by atoms with Crippen molar-refractivity contribution in [2.24, 2.45) is 5.73 Å². The van der Waals surface area contributed by atoms with Gasteiger partial charge in [0, 0.05) is 34.8 Å². The van der Waals surface area contributed by atoms with Crippen LogP contribution in [-0.4, -0.2) is 27.7 Å². The van der Waals surface area contributed by atoms with Crippen molar-refractivity contribution in [3.63, 3.8) is 0 Å². The van der Waals surface area contributed by atoms with Crippen molar-refractivity contribution >= 4 is 33.8 Å². The van der Waals surface area contributed by atoms with Crippen molar-refractivity contribution in [3.05, 3.63) is 82.1 Å². The van der Waals surface area contributed by atoms with Gasteiger partial charge in [0.2, 0.25) is 0 Å². The quantitative estimate of drug-likeness (QED) is 0.416. The summed E-state index contributed by atoms with van der Waals surface area (Å²) < 4.78 is 20.8. The van der Waals surface area contributed by atoms with Crippen molar-refractivity contribution in [1.29, 1.82) is 0 Å². The van der Waals surface area contributed by atoms with E-state index in [0.29, 0.717) is 10.9 Å². The first-order chi connectivity index (χ1) is 15.5. The van der Waals surface area contributed by atoms with Gasteiger partial charge in [-0.2, -0.15) is 0 Å². The van der Waals surface area contributed by atoms with Gasteiger partial charge in [-0.05, 0) is 42.7 Å². The first-order valence-corrected chi connectivity index (χ1v) is 11.3. The monoisotopic (exact) mass is 469 g/mol. The summed E-state index contributed by atoms with van der Waals surface area (Å²) in [4.78, 5) is 10.1. The molecule has 1 aliphatic rings. The number of halogens is 2. The molecule has 5 rings (SSSR count). The maximum atomic E-state index is 13.4. The van der Waals surface area contributed by atoms with E-state index in [-0.39, 0.29) is 17.8 Å². The van der Waals surface area contributed by atoms with Gasteiger partial charge >= 0.3 is 0 Å². The summed E-state index contributed by atoms with van der Waals surface area (Å²) in [6, 6.07) is 12.5. The van der Waals surface area contributed by atoms with E-state index >= 15 is 0 Å². The van der Waals surface area contributed by atoms with Gasteiger partial charge in [-0.3, -0.25) is 0 Å². The van der Waals surface area contributed by atoms with Crippen LogP contribution in [0, 0.1) is 5.82 Å². The summed E-state index contributed by atoms with van der Waals surface area (Å²) >= 11 is 7.55. The predicted octanol–water partition coefficient (Wildman–Crippen LogP) is 5.28. The minimum Gasteiger partial charge on any atom is -0.494 e. The maximum Gasteiger partial charge on any atom is 0.187 e. The van der Waals surface area contributed by atoms with Crippen LogP contribution < -0.4 is 15.8 Å². The summed E-state index contributed by atoms with van der Waals surface area (Å²) in [6.45, 7) is 0. The Balaban J connectivity index is 1.43. The highest BCUT2D eigenvalue weighted by Crippen LogP contribution is 2.41. The lowest BCUT2D eigenvalue weighted by molar-refractivity contribution is 0.413. The smallest absolute Gasteiger partial charge is 0.187 e. The molecule has 0 bridgehead atoms. The van der Waals surface area contributed by atoms with Gasteiger partial charge in [-0.15, -0.1) is 11.3 Å². The van der Waals surface area contributed by atoms with Crippen LogP contribution in [0.25, 0.3) is 5.69 Å². The molecule has 3 N–H and O–H groups in total. The SMILES string of the molecule is COc1cc(Nc2nc3c(s2)CC(N)CC3c2ccc(F)cc2)ccc1-n1cnc(Cl)c1. The molecule has 2 unspecified atom stereocenters. The molecule has 4 aromatic rings. The Morgan fingerprint density at radius 2 is 2.06 bits per heavy atom. The third-order valence-electron chi connectivity index (χ3n) is 5.58. The largest absolute Gasteiger partial charge is 0.494 e. The van der Waals surface area contributed by atoms with E-state index in [0.717, 1.165) is 45.5 Å². The molecule has 2 atom stereocenters. The van der Waals surface area contributed by atoms with Crippen LogP contribution in [0.3, 0.4) is 0 Å². The highest BCUT2D eigenvalue weighted by Gasteiger charge is 2.30. The summed E-state index contributed by atoms with van der Waals surface area (Å²) in [5, 5.41) is 4.59. The molecule has 0 fully saturated rings. The zero-order chi connectivity index (χ0) is 22.2. The molecule has 0 spiro atoms. The van der Waals surface area contributed by atoms with Gasteiger partial charge in [0.15, 0.2) is 5.13 Å². The van der Waals surface area contributed by atoms with Crippen molar-refractivity contribution < 1.29 is 9.13 Å². The van der Waals surface area contributed by atoms with Crippen molar-refractivity contribution in [1.82, 2.24) is 14.5 Å². The normalized spacial score (nSPS) is 17.8. The Hall–Kier alpha value is -2.94. The van der Waals surface area contributed by atoms with E-state index in [1.54, 1.807) is 31.0 Å². The molecule has 2 heterocycles. The molecule has 0 saturated carbocycles. The van der Waals surface area contributed by atoms with Gasteiger partial charge in [0.1, 0.15) is 23.0 Å². The average molecular weight is 470 g/mol. The van der Waals surface area contributed by atoms with Crippen LogP contribution in [0.15, 0.2) is 55.0 Å². The number of methoxy groups -OCH3 is 1. The molecular formula is C23H21ClFN5OS. The molecule has 0 aliphatic heterocycles. The lowest BCUT2D eigenvalue weighted by Crippen LogP contribution is -2.30. The van der Waals surface area contributed by atoms with Crippen LogP contribution in [-0.2, 0) is 6.42 Å². The second-order valence-corrected chi connectivity index (χ2v) is 9.22. The number of ether oxygens (including phenoxy) is 1. The number of aromatic nitrogens is 3. The molecule has 0 amide bonds. The predicted molar refractivity (Wildman–Crippen MR) is 125 cm³/mol. The number of anilines is 2. The lowest BCUT2D eigenvalue weighted by atomic mass is 9.83. The number of fused-ring (bicyclic) bond motifs is 1. The number of imidazole rings is 1. The van der Waals surface area contributed by atoms with E-state index in [9.17, 15) is 4.39 Å². The second-order valence-electron chi connectivity index (χ2n) is 7.75. The Bertz CT molecular complexity index is 1260. The fourth-order valence-corrected chi connectivity index (χ4v) is 5.37. The molecule has 6 nitrogen and oxygen atoms in total. The molecular weight excluding hydrogens is 449 g/mol. The standard InChI is InChI=1S/C23H21ClFN5OS/c1-31-19-10-16(6-7-18(19)30-11-21(24)27-12-30)28-23-29-22-17(8-15(26)9-20(22)32-23)13-2-4-14(25)5-3-13/h2-7,10-12,15,17H,8-9,26H2,1H3,(H,28,29). The zero-order valence-electron chi connectivity index (χ0n) is 17.3. The van der Waals surface area contributed by atoms with Crippen LogP contribution in [0.5, 0.6) is 5.75 Å². The number of thiazole rings is 1. The number of nitrogens with zero attached hydrogens (tertiary/aromatic N) is 3. The van der Waals surface area contributed by atoms with Crippen molar-refractivity contribution in [3.8, 4) is 11.4 Å². The molecule has 164 valence electrons. The molecule has 2 aromatic heterocycles. The minimum absolute atomic E-state index is 0.0484. The molecule has 1 aliphatic carbocycles. The number of rotatable bonds is 5. The number of nitrogens with one attached hydrogen (secondary N) is 1. The summed E-state index contributed by atoms with van der Waals surface area (Å²) in [5.74, 6) is 0.491. The third kappa shape index (κ3) is 4.09. The first kappa shape index (κ1) is 20.9. The number of benzene rings is 2. The lowest BCUT2D eigenvalue weighted by Gasteiger charge is -2.26. The van der Waals surface area contributed by atoms with E-state index in [1.165, 1.54) is 12.1 Å². The second kappa shape index (κ2) is 8.54. The Morgan fingerprint density at radius 3 is 2.78 bits per heavy atom. The summed E-state index contributed by atoms with van der Waals surface area (Å²) in [7, 11) is 1.62. The Labute approximate surface area is 193 Å². The Kier molecular flexibility index (Phi) is 5.58. The minimum atomic E-state index is -0.245. The van der Waals surface area contributed by atoms with E-state index in [1.807, 2.05) is 34.9 Å². The molecule has 9 heteroatoms. The fourth-order valence-electron chi connectivity index (χ4n) is 4.08. The van der Waals surface area contributed by atoms with Gasteiger partial charge in [0.25, 0.3) is 0 Å². The van der Waals surface area contributed by atoms with Crippen LogP contribution in [0.1, 0.15) is 28.5 Å². The fraction of sp³-hybridized carbons (Fsp3) is 0.217. The van der Waals surface area contributed by atoms with Crippen molar-refractivity contribution in [2.45, 2.75) is 24.8 Å².